The molecule has 0 amide bonds. The molecule has 2 rings (SSSR count). The standard InChI is InChI=1S/C16H20N2O3/c1-10(2)11(3)8-14(16(20)21)18-9-17-13-7-5-4-6-12(13)15(18)19/h4-7,9-11,14H,8H2,1-3H3,(H,20,21)/t11?,14-/m0/s1. The third-order valence-corrected chi connectivity index (χ3v) is 4.04. The first-order chi connectivity index (χ1) is 9.91. The number of aromatic nitrogens is 2. The molecule has 5 nitrogen and oxygen atoms in total. The maximum Gasteiger partial charge on any atom is 0.326 e. The summed E-state index contributed by atoms with van der Waals surface area (Å²) in [6.07, 6.45) is 1.75. The van der Waals surface area contributed by atoms with E-state index in [1.807, 2.05) is 20.8 Å². The molecule has 0 saturated carbocycles. The van der Waals surface area contributed by atoms with Crippen molar-refractivity contribution in [2.24, 2.45) is 11.8 Å². The Morgan fingerprint density at radius 1 is 1.29 bits per heavy atom. The zero-order chi connectivity index (χ0) is 15.6. The van der Waals surface area contributed by atoms with E-state index in [9.17, 15) is 14.7 Å². The SMILES string of the molecule is CC(C)C(C)C[C@@H](C(=O)O)n1cnc2ccccc2c1=O. The lowest BCUT2D eigenvalue weighted by molar-refractivity contribution is -0.141. The molecule has 1 aromatic heterocycles. The van der Waals surface area contributed by atoms with Gasteiger partial charge in [-0.15, -0.1) is 0 Å². The largest absolute Gasteiger partial charge is 0.480 e. The molecule has 2 aromatic rings. The Morgan fingerprint density at radius 3 is 2.57 bits per heavy atom. The van der Waals surface area contributed by atoms with Crippen molar-refractivity contribution in [2.45, 2.75) is 33.2 Å². The van der Waals surface area contributed by atoms with Crippen molar-refractivity contribution >= 4 is 16.9 Å². The summed E-state index contributed by atoms with van der Waals surface area (Å²) in [7, 11) is 0. The van der Waals surface area contributed by atoms with E-state index in [2.05, 4.69) is 4.98 Å². The lowest BCUT2D eigenvalue weighted by atomic mass is 9.91. The molecule has 1 unspecified atom stereocenters. The highest BCUT2D eigenvalue weighted by atomic mass is 16.4. The number of nitrogens with zero attached hydrogens (tertiary/aromatic N) is 2. The van der Waals surface area contributed by atoms with Crippen LogP contribution < -0.4 is 5.56 Å². The Bertz CT molecular complexity index is 706. The molecule has 0 fully saturated rings. The Morgan fingerprint density at radius 2 is 1.95 bits per heavy atom. The van der Waals surface area contributed by atoms with Crippen molar-refractivity contribution in [3.8, 4) is 0 Å². The normalized spacial score (nSPS) is 14.3. The lowest BCUT2D eigenvalue weighted by Gasteiger charge is -2.22. The van der Waals surface area contributed by atoms with Crippen LogP contribution >= 0.6 is 0 Å². The van der Waals surface area contributed by atoms with Crippen LogP contribution in [0.5, 0.6) is 0 Å². The van der Waals surface area contributed by atoms with Crippen molar-refractivity contribution < 1.29 is 9.90 Å². The number of carboxylic acids is 1. The average molecular weight is 288 g/mol. The lowest BCUT2D eigenvalue weighted by Crippen LogP contribution is -2.32. The maximum absolute atomic E-state index is 12.5. The predicted octanol–water partition coefficient (Wildman–Crippen LogP) is 2.70. The molecule has 1 heterocycles. The Labute approximate surface area is 123 Å². The number of aliphatic carboxylic acids is 1. The van der Waals surface area contributed by atoms with Gasteiger partial charge in [0.25, 0.3) is 5.56 Å². The highest BCUT2D eigenvalue weighted by molar-refractivity contribution is 5.78. The van der Waals surface area contributed by atoms with Crippen LogP contribution in [0.1, 0.15) is 33.2 Å². The minimum atomic E-state index is -0.998. The second-order valence-corrected chi connectivity index (χ2v) is 5.79. The summed E-state index contributed by atoms with van der Waals surface area (Å²) in [6, 6.07) is 6.09. The van der Waals surface area contributed by atoms with E-state index in [-0.39, 0.29) is 11.5 Å². The molecule has 0 aliphatic carbocycles. The van der Waals surface area contributed by atoms with Gasteiger partial charge in [-0.2, -0.15) is 0 Å². The van der Waals surface area contributed by atoms with Crippen molar-refractivity contribution in [3.05, 3.63) is 40.9 Å². The summed E-state index contributed by atoms with van der Waals surface area (Å²) in [4.78, 5) is 28.2. The number of carboxylic acid groups (broad SMARTS) is 1. The minimum absolute atomic E-state index is 0.199. The molecule has 5 heteroatoms. The molecule has 0 aliphatic heterocycles. The van der Waals surface area contributed by atoms with Crippen molar-refractivity contribution in [1.29, 1.82) is 0 Å². The van der Waals surface area contributed by atoms with E-state index in [0.717, 1.165) is 0 Å². The summed E-state index contributed by atoms with van der Waals surface area (Å²) in [6.45, 7) is 6.09. The molecule has 0 radical (unpaired) electrons. The first kappa shape index (κ1) is 15.2. The summed E-state index contributed by atoms with van der Waals surface area (Å²) in [5.41, 5.74) is 0.281. The molecule has 1 aromatic carbocycles. The molecular weight excluding hydrogens is 268 g/mol. The van der Waals surface area contributed by atoms with E-state index < -0.39 is 12.0 Å². The maximum atomic E-state index is 12.5. The van der Waals surface area contributed by atoms with Crippen LogP contribution in [0.3, 0.4) is 0 Å². The van der Waals surface area contributed by atoms with Crippen LogP contribution in [0.15, 0.2) is 35.4 Å². The molecule has 112 valence electrons. The van der Waals surface area contributed by atoms with Crippen molar-refractivity contribution in [1.82, 2.24) is 9.55 Å². The summed E-state index contributed by atoms with van der Waals surface area (Å²) >= 11 is 0. The smallest absolute Gasteiger partial charge is 0.326 e. The Balaban J connectivity index is 2.48. The van der Waals surface area contributed by atoms with Crippen LogP contribution in [0.2, 0.25) is 0 Å². The number of carbonyl (C=O) groups is 1. The second kappa shape index (κ2) is 6.08. The molecule has 0 aliphatic rings. The first-order valence-electron chi connectivity index (χ1n) is 7.10. The minimum Gasteiger partial charge on any atom is -0.480 e. The van der Waals surface area contributed by atoms with E-state index >= 15 is 0 Å². The third-order valence-electron chi connectivity index (χ3n) is 4.04. The fraction of sp³-hybridized carbons (Fsp3) is 0.438. The van der Waals surface area contributed by atoms with Gasteiger partial charge in [0.05, 0.1) is 17.2 Å². The van der Waals surface area contributed by atoms with Crippen LogP contribution in [0.25, 0.3) is 10.9 Å². The highest BCUT2D eigenvalue weighted by Crippen LogP contribution is 2.23. The van der Waals surface area contributed by atoms with Crippen LogP contribution in [0.4, 0.5) is 0 Å². The van der Waals surface area contributed by atoms with Gasteiger partial charge < -0.3 is 5.11 Å². The predicted molar refractivity (Wildman–Crippen MR) is 81.3 cm³/mol. The van der Waals surface area contributed by atoms with Gasteiger partial charge in [0.1, 0.15) is 6.04 Å². The van der Waals surface area contributed by atoms with Gasteiger partial charge in [-0.05, 0) is 30.4 Å². The van der Waals surface area contributed by atoms with Crippen molar-refractivity contribution in [3.63, 3.8) is 0 Å². The van der Waals surface area contributed by atoms with Gasteiger partial charge in [-0.3, -0.25) is 9.36 Å². The van der Waals surface area contributed by atoms with Crippen LogP contribution in [0, 0.1) is 11.8 Å². The molecular formula is C16H20N2O3. The van der Waals surface area contributed by atoms with E-state index in [1.165, 1.54) is 10.9 Å². The molecule has 2 atom stereocenters. The molecule has 0 spiro atoms. The Hall–Kier alpha value is -2.17. The monoisotopic (exact) mass is 288 g/mol. The van der Waals surface area contributed by atoms with Gasteiger partial charge in [-0.25, -0.2) is 9.78 Å². The number of para-hydroxylation sites is 1. The quantitative estimate of drug-likeness (QED) is 0.918. The van der Waals surface area contributed by atoms with Gasteiger partial charge in [0, 0.05) is 0 Å². The second-order valence-electron chi connectivity index (χ2n) is 5.79. The molecule has 21 heavy (non-hydrogen) atoms. The van der Waals surface area contributed by atoms with Gasteiger partial charge in [-0.1, -0.05) is 32.9 Å². The van der Waals surface area contributed by atoms with Gasteiger partial charge in [0.2, 0.25) is 0 Å². The molecule has 0 saturated heterocycles. The average Bonchev–Trinajstić information content (AvgIpc) is 2.45. The topological polar surface area (TPSA) is 72.2 Å². The Kier molecular flexibility index (Phi) is 4.40. The van der Waals surface area contributed by atoms with Gasteiger partial charge in [0.15, 0.2) is 0 Å². The van der Waals surface area contributed by atoms with Crippen molar-refractivity contribution in [2.75, 3.05) is 0 Å². The summed E-state index contributed by atoms with van der Waals surface area (Å²) in [5, 5.41) is 9.91. The van der Waals surface area contributed by atoms with E-state index in [0.29, 0.717) is 23.2 Å². The zero-order valence-electron chi connectivity index (χ0n) is 12.5. The summed E-state index contributed by atoms with van der Waals surface area (Å²) < 4.78 is 1.24. The fourth-order valence-corrected chi connectivity index (χ4v) is 2.26. The molecule has 0 bridgehead atoms. The fourth-order valence-electron chi connectivity index (χ4n) is 2.26. The van der Waals surface area contributed by atoms with E-state index in [4.69, 9.17) is 0 Å². The van der Waals surface area contributed by atoms with Crippen LogP contribution in [-0.2, 0) is 4.79 Å². The zero-order valence-corrected chi connectivity index (χ0v) is 12.5. The number of fused-ring (bicyclic) bond motifs is 1. The first-order valence-corrected chi connectivity index (χ1v) is 7.10. The van der Waals surface area contributed by atoms with Gasteiger partial charge >= 0.3 is 5.97 Å². The highest BCUT2D eigenvalue weighted by Gasteiger charge is 2.25. The summed E-state index contributed by atoms with van der Waals surface area (Å²) in [5.74, 6) is -0.442. The number of hydrogen-bond donors (Lipinski definition) is 1. The molecule has 1 N–H and O–H groups in total. The number of rotatable bonds is 5. The third kappa shape index (κ3) is 3.12. The van der Waals surface area contributed by atoms with Crippen LogP contribution in [-0.4, -0.2) is 20.6 Å². The number of benzene rings is 1. The number of hydrogen-bond acceptors (Lipinski definition) is 3. The van der Waals surface area contributed by atoms with E-state index in [1.54, 1.807) is 24.3 Å².